The van der Waals surface area contributed by atoms with Crippen LogP contribution in [0.25, 0.3) is 0 Å². The van der Waals surface area contributed by atoms with Gasteiger partial charge in [-0.2, -0.15) is 0 Å². The van der Waals surface area contributed by atoms with E-state index in [4.69, 9.17) is 9.47 Å². The Morgan fingerprint density at radius 1 is 1.07 bits per heavy atom. The Labute approximate surface area is 181 Å². The predicted octanol–water partition coefficient (Wildman–Crippen LogP) is 5.57. The van der Waals surface area contributed by atoms with E-state index in [1.165, 1.54) is 5.57 Å². The van der Waals surface area contributed by atoms with Crippen molar-refractivity contribution in [3.05, 3.63) is 12.2 Å². The average molecular weight is 432 g/mol. The fourth-order valence-electron chi connectivity index (χ4n) is 3.13. The van der Waals surface area contributed by atoms with Gasteiger partial charge in [-0.25, -0.2) is 0 Å². The lowest BCUT2D eigenvalue weighted by atomic mass is 10.0. The maximum atomic E-state index is 12.8. The Hall–Kier alpha value is -0.170. The fourth-order valence-corrected chi connectivity index (χ4v) is 5.28. The molecule has 1 aliphatic heterocycles. The minimum absolute atomic E-state index is 0.128. The number of rotatable bonds is 14. The third kappa shape index (κ3) is 10.6. The zero-order chi connectivity index (χ0) is 21.1. The fraction of sp³-hybridized carbons (Fsp3) is 0.864. The maximum absolute atomic E-state index is 12.8. The molecule has 0 saturated carbocycles. The van der Waals surface area contributed by atoms with Crippen LogP contribution in [0.4, 0.5) is 0 Å². The molecule has 0 spiro atoms. The van der Waals surface area contributed by atoms with Crippen LogP contribution in [0.5, 0.6) is 0 Å². The molecule has 1 aliphatic rings. The van der Waals surface area contributed by atoms with Gasteiger partial charge < -0.3 is 14.4 Å². The molecule has 28 heavy (non-hydrogen) atoms. The molecule has 0 bridgehead atoms. The van der Waals surface area contributed by atoms with Crippen molar-refractivity contribution < 1.29 is 14.3 Å². The quantitative estimate of drug-likeness (QED) is 0.204. The molecule has 0 aliphatic carbocycles. The molecule has 1 saturated heterocycles. The van der Waals surface area contributed by atoms with E-state index in [1.807, 2.05) is 40.3 Å². The molecule has 0 N–H and O–H groups in total. The average Bonchev–Trinajstić information content (AvgIpc) is 3.00. The van der Waals surface area contributed by atoms with Gasteiger partial charge >= 0.3 is 0 Å². The van der Waals surface area contributed by atoms with Crippen molar-refractivity contribution in [2.45, 2.75) is 91.6 Å². The second-order valence-electron chi connectivity index (χ2n) is 8.44. The summed E-state index contributed by atoms with van der Waals surface area (Å²) in [6, 6.07) is 0.141. The summed E-state index contributed by atoms with van der Waals surface area (Å²) in [5.41, 5.74) is 1.32. The second kappa shape index (κ2) is 13.9. The molecule has 4 nitrogen and oxygen atoms in total. The third-order valence-corrected chi connectivity index (χ3v) is 7.30. The van der Waals surface area contributed by atoms with Crippen LogP contribution in [0.15, 0.2) is 12.2 Å². The Morgan fingerprint density at radius 2 is 1.75 bits per heavy atom. The maximum Gasteiger partial charge on any atom is 0.223 e. The number of carbonyl (C=O) groups excluding carboxylic acids is 1. The highest BCUT2D eigenvalue weighted by atomic mass is 33.1. The number of allylic oxidation sites excluding steroid dienone is 1. The number of hydrogen-bond acceptors (Lipinski definition) is 5. The first-order valence-corrected chi connectivity index (χ1v) is 13.2. The lowest BCUT2D eigenvalue weighted by Crippen LogP contribution is -2.39. The number of hydrogen-bond donors (Lipinski definition) is 0. The molecule has 6 heteroatoms. The summed E-state index contributed by atoms with van der Waals surface area (Å²) in [5.74, 6) is 2.92. The number of amides is 1. The highest BCUT2D eigenvalue weighted by molar-refractivity contribution is 8.76. The zero-order valence-electron chi connectivity index (χ0n) is 18.7. The van der Waals surface area contributed by atoms with Crippen molar-refractivity contribution in [3.63, 3.8) is 0 Å². The topological polar surface area (TPSA) is 38.8 Å². The molecule has 1 amide bonds. The number of likely N-dealkylation sites (tertiary alicyclic amines) is 1. The third-order valence-electron chi connectivity index (χ3n) is 4.81. The van der Waals surface area contributed by atoms with Crippen LogP contribution in [0.3, 0.4) is 0 Å². The zero-order valence-corrected chi connectivity index (χ0v) is 20.4. The highest BCUT2D eigenvalue weighted by Crippen LogP contribution is 2.27. The van der Waals surface area contributed by atoms with Crippen molar-refractivity contribution in [2.75, 3.05) is 24.7 Å². The molecule has 0 aromatic rings. The van der Waals surface area contributed by atoms with Gasteiger partial charge in [-0.1, -0.05) is 47.6 Å². The van der Waals surface area contributed by atoms with E-state index in [0.717, 1.165) is 30.8 Å². The van der Waals surface area contributed by atoms with Gasteiger partial charge in [-0.15, -0.1) is 0 Å². The first-order chi connectivity index (χ1) is 13.2. The van der Waals surface area contributed by atoms with E-state index >= 15 is 0 Å². The molecule has 1 fully saturated rings. The molecular formula is C22H41NO3S2. The molecule has 2 atom stereocenters. The van der Waals surface area contributed by atoms with Crippen LogP contribution in [-0.2, 0) is 14.3 Å². The van der Waals surface area contributed by atoms with E-state index in [1.54, 1.807) is 0 Å². The molecule has 164 valence electrons. The second-order valence-corrected chi connectivity index (χ2v) is 11.1. The largest absolute Gasteiger partial charge is 0.377 e. The van der Waals surface area contributed by atoms with Gasteiger partial charge in [0.1, 0.15) is 0 Å². The molecule has 0 unspecified atom stereocenters. The SMILES string of the molecule is C=C(CCSSCCCC(=O)N1C[C@H](OC(C)C)C[C@H]1COC(C)C)C(C)C. The Balaban J connectivity index is 2.31. The molecule has 0 aromatic carbocycles. The summed E-state index contributed by atoms with van der Waals surface area (Å²) in [5, 5.41) is 0. The molecule has 1 heterocycles. The molecule has 1 rings (SSSR count). The Kier molecular flexibility index (Phi) is 12.9. The summed E-state index contributed by atoms with van der Waals surface area (Å²) in [4.78, 5) is 14.8. The minimum Gasteiger partial charge on any atom is -0.377 e. The standard InChI is InChI=1S/C22H41NO3S2/c1-16(2)19(7)10-12-28-27-11-8-9-22(24)23-14-21(26-18(5)6)13-20(23)15-25-17(3)4/h16-18,20-21H,7-15H2,1-6H3/t20-,21+/m0/s1. The van der Waals surface area contributed by atoms with Gasteiger partial charge in [0.2, 0.25) is 5.91 Å². The summed E-state index contributed by atoms with van der Waals surface area (Å²) in [6.45, 7) is 18.0. The van der Waals surface area contributed by atoms with E-state index in [0.29, 0.717) is 25.5 Å². The normalized spacial score (nSPS) is 20.0. The van der Waals surface area contributed by atoms with E-state index in [-0.39, 0.29) is 30.3 Å². The first-order valence-electron chi connectivity index (χ1n) is 10.7. The van der Waals surface area contributed by atoms with Crippen LogP contribution in [0, 0.1) is 5.92 Å². The van der Waals surface area contributed by atoms with E-state index in [2.05, 4.69) is 34.3 Å². The van der Waals surface area contributed by atoms with Crippen molar-refractivity contribution in [1.82, 2.24) is 4.90 Å². The van der Waals surface area contributed by atoms with Crippen LogP contribution in [-0.4, -0.2) is 59.8 Å². The number of ether oxygens (including phenoxy) is 2. The van der Waals surface area contributed by atoms with Crippen molar-refractivity contribution in [2.24, 2.45) is 5.92 Å². The predicted molar refractivity (Wildman–Crippen MR) is 124 cm³/mol. The lowest BCUT2D eigenvalue weighted by molar-refractivity contribution is -0.134. The summed E-state index contributed by atoms with van der Waals surface area (Å²) < 4.78 is 11.8. The highest BCUT2D eigenvalue weighted by Gasteiger charge is 2.36. The van der Waals surface area contributed by atoms with Gasteiger partial charge in [0, 0.05) is 24.5 Å². The number of carbonyl (C=O) groups is 1. The first kappa shape index (κ1) is 25.9. The van der Waals surface area contributed by atoms with Crippen LogP contribution >= 0.6 is 21.6 Å². The molecule has 0 aromatic heterocycles. The Morgan fingerprint density at radius 3 is 2.36 bits per heavy atom. The minimum atomic E-state index is 0.128. The van der Waals surface area contributed by atoms with Crippen molar-refractivity contribution >= 4 is 27.5 Å². The van der Waals surface area contributed by atoms with Crippen LogP contribution < -0.4 is 0 Å². The van der Waals surface area contributed by atoms with E-state index < -0.39 is 0 Å². The van der Waals surface area contributed by atoms with Crippen LogP contribution in [0.1, 0.15) is 67.2 Å². The molecular weight excluding hydrogens is 390 g/mol. The Bertz CT molecular complexity index is 469. The van der Waals surface area contributed by atoms with Crippen molar-refractivity contribution in [1.29, 1.82) is 0 Å². The van der Waals surface area contributed by atoms with Gasteiger partial charge in [-0.05, 0) is 52.9 Å². The van der Waals surface area contributed by atoms with Gasteiger partial charge in [0.05, 0.1) is 31.0 Å². The van der Waals surface area contributed by atoms with Gasteiger partial charge in [-0.3, -0.25) is 4.79 Å². The number of nitrogens with zero attached hydrogens (tertiary/aromatic N) is 1. The van der Waals surface area contributed by atoms with E-state index in [9.17, 15) is 4.79 Å². The van der Waals surface area contributed by atoms with Crippen LogP contribution in [0.2, 0.25) is 0 Å². The lowest BCUT2D eigenvalue weighted by Gasteiger charge is -2.25. The smallest absolute Gasteiger partial charge is 0.223 e. The summed E-state index contributed by atoms with van der Waals surface area (Å²) in [6.07, 6.45) is 3.99. The van der Waals surface area contributed by atoms with Gasteiger partial charge in [0.25, 0.3) is 0 Å². The monoisotopic (exact) mass is 431 g/mol. The van der Waals surface area contributed by atoms with Gasteiger partial charge in [0.15, 0.2) is 0 Å². The molecule has 0 radical (unpaired) electrons. The van der Waals surface area contributed by atoms with Crippen molar-refractivity contribution in [3.8, 4) is 0 Å². The summed E-state index contributed by atoms with van der Waals surface area (Å²) >= 11 is 0. The summed E-state index contributed by atoms with van der Waals surface area (Å²) in [7, 11) is 3.76.